The topological polar surface area (TPSA) is 20.2 Å². The fourth-order valence-electron chi connectivity index (χ4n) is 2.04. The molecule has 0 aromatic heterocycles. The van der Waals surface area contributed by atoms with Crippen LogP contribution in [0.1, 0.15) is 37.4 Å². The fraction of sp³-hybridized carbons (Fsp3) is 0.385. The van der Waals surface area contributed by atoms with Crippen molar-refractivity contribution in [2.24, 2.45) is 0 Å². The van der Waals surface area contributed by atoms with Crippen molar-refractivity contribution in [2.45, 2.75) is 31.8 Å². The molecule has 0 saturated carbocycles. The van der Waals surface area contributed by atoms with Crippen molar-refractivity contribution >= 4 is 31.9 Å². The molecule has 1 aromatic rings. The average Bonchev–Trinajstić information content (AvgIpc) is 2.32. The van der Waals surface area contributed by atoms with E-state index in [2.05, 4.69) is 37.9 Å². The Morgan fingerprint density at radius 2 is 2.00 bits per heavy atom. The lowest BCUT2D eigenvalue weighted by atomic mass is 9.92. The van der Waals surface area contributed by atoms with E-state index < -0.39 is 6.10 Å². The van der Waals surface area contributed by atoms with Crippen LogP contribution < -0.4 is 0 Å². The Balaban J connectivity index is 2.29. The van der Waals surface area contributed by atoms with Gasteiger partial charge in [-0.2, -0.15) is 0 Å². The number of rotatable bonds is 2. The van der Waals surface area contributed by atoms with E-state index in [0.29, 0.717) is 0 Å². The lowest BCUT2D eigenvalue weighted by Crippen LogP contribution is -2.05. The van der Waals surface area contributed by atoms with Crippen molar-refractivity contribution in [1.29, 1.82) is 0 Å². The first kappa shape index (κ1) is 12.3. The first-order chi connectivity index (χ1) is 7.68. The van der Waals surface area contributed by atoms with Crippen LogP contribution in [0.2, 0.25) is 0 Å². The van der Waals surface area contributed by atoms with Crippen LogP contribution in [0.5, 0.6) is 0 Å². The zero-order valence-electron chi connectivity index (χ0n) is 8.92. The van der Waals surface area contributed by atoms with Crippen LogP contribution in [0.3, 0.4) is 0 Å². The molecule has 0 heterocycles. The highest BCUT2D eigenvalue weighted by Gasteiger charge is 2.17. The van der Waals surface area contributed by atoms with E-state index in [4.69, 9.17) is 0 Å². The van der Waals surface area contributed by atoms with E-state index in [9.17, 15) is 5.11 Å². The summed E-state index contributed by atoms with van der Waals surface area (Å²) in [4.78, 5) is 0. The predicted molar refractivity (Wildman–Crippen MR) is 73.4 cm³/mol. The summed E-state index contributed by atoms with van der Waals surface area (Å²) in [6.45, 7) is 0. The molecule has 3 heteroatoms. The summed E-state index contributed by atoms with van der Waals surface area (Å²) in [7, 11) is 0. The molecule has 1 nitrogen and oxygen atoms in total. The van der Waals surface area contributed by atoms with Gasteiger partial charge in [0.1, 0.15) is 6.10 Å². The zero-order valence-corrected chi connectivity index (χ0v) is 12.1. The van der Waals surface area contributed by atoms with E-state index in [0.717, 1.165) is 32.9 Å². The molecule has 0 bridgehead atoms. The number of hydrogen-bond donors (Lipinski definition) is 1. The van der Waals surface area contributed by atoms with Crippen LogP contribution in [0.4, 0.5) is 0 Å². The smallest absolute Gasteiger partial charge is 0.101 e. The molecule has 1 aromatic carbocycles. The van der Waals surface area contributed by atoms with Crippen molar-refractivity contribution in [2.75, 3.05) is 0 Å². The van der Waals surface area contributed by atoms with Gasteiger partial charge < -0.3 is 5.11 Å². The molecule has 86 valence electrons. The molecular formula is C13H14Br2O. The van der Waals surface area contributed by atoms with E-state index >= 15 is 0 Å². The summed E-state index contributed by atoms with van der Waals surface area (Å²) in [5, 5.41) is 10.3. The molecule has 0 saturated heterocycles. The average molecular weight is 346 g/mol. The summed E-state index contributed by atoms with van der Waals surface area (Å²) >= 11 is 6.93. The maximum atomic E-state index is 10.3. The van der Waals surface area contributed by atoms with Gasteiger partial charge in [-0.25, -0.2) is 0 Å². The lowest BCUT2D eigenvalue weighted by molar-refractivity contribution is 0.207. The third-order valence-corrected chi connectivity index (χ3v) is 4.15. The third-order valence-electron chi connectivity index (χ3n) is 2.93. The highest BCUT2D eigenvalue weighted by molar-refractivity contribution is 9.11. The van der Waals surface area contributed by atoms with Gasteiger partial charge in [0.05, 0.1) is 0 Å². The molecular weight excluding hydrogens is 332 g/mol. The molecule has 2 rings (SSSR count). The highest BCUT2D eigenvalue weighted by atomic mass is 79.9. The second-order valence-electron chi connectivity index (χ2n) is 4.09. The minimum atomic E-state index is -0.466. The number of benzene rings is 1. The Kier molecular flexibility index (Phi) is 4.22. The van der Waals surface area contributed by atoms with E-state index in [-0.39, 0.29) is 0 Å². The Morgan fingerprint density at radius 1 is 1.19 bits per heavy atom. The van der Waals surface area contributed by atoms with Crippen molar-refractivity contribution < 1.29 is 5.11 Å². The SMILES string of the molecule is OC(C1=CCCCC1)c1cc(Br)ccc1Br. The fourth-order valence-corrected chi connectivity index (χ4v) is 2.88. The minimum Gasteiger partial charge on any atom is -0.384 e. The van der Waals surface area contributed by atoms with Crippen molar-refractivity contribution in [3.05, 3.63) is 44.4 Å². The highest BCUT2D eigenvalue weighted by Crippen LogP contribution is 2.34. The van der Waals surface area contributed by atoms with Gasteiger partial charge in [0.2, 0.25) is 0 Å². The number of aliphatic hydroxyl groups excluding tert-OH is 1. The Hall–Kier alpha value is -0.120. The van der Waals surface area contributed by atoms with Crippen LogP contribution in [0, 0.1) is 0 Å². The van der Waals surface area contributed by atoms with Crippen molar-refractivity contribution in [3.8, 4) is 0 Å². The van der Waals surface area contributed by atoms with Crippen molar-refractivity contribution in [1.82, 2.24) is 0 Å². The second-order valence-corrected chi connectivity index (χ2v) is 5.86. The van der Waals surface area contributed by atoms with Gasteiger partial charge in [0, 0.05) is 8.95 Å². The zero-order chi connectivity index (χ0) is 11.5. The molecule has 16 heavy (non-hydrogen) atoms. The summed E-state index contributed by atoms with van der Waals surface area (Å²) in [5.74, 6) is 0. The maximum Gasteiger partial charge on any atom is 0.101 e. The number of aliphatic hydroxyl groups is 1. The largest absolute Gasteiger partial charge is 0.384 e. The van der Waals surface area contributed by atoms with E-state index in [1.165, 1.54) is 12.8 Å². The number of halogens is 2. The monoisotopic (exact) mass is 344 g/mol. The first-order valence-electron chi connectivity index (χ1n) is 5.50. The molecule has 0 amide bonds. The summed E-state index contributed by atoms with van der Waals surface area (Å²) in [6, 6.07) is 5.91. The van der Waals surface area contributed by atoms with Crippen LogP contribution in [-0.2, 0) is 0 Å². The minimum absolute atomic E-state index is 0.466. The molecule has 1 atom stereocenters. The Labute approximate surface area is 113 Å². The Bertz CT molecular complexity index is 412. The predicted octanol–water partition coefficient (Wildman–Crippen LogP) is 4.75. The van der Waals surface area contributed by atoms with Crippen LogP contribution >= 0.6 is 31.9 Å². The molecule has 0 radical (unpaired) electrons. The van der Waals surface area contributed by atoms with Gasteiger partial charge in [-0.1, -0.05) is 37.9 Å². The van der Waals surface area contributed by atoms with Gasteiger partial charge in [0.25, 0.3) is 0 Å². The number of hydrogen-bond acceptors (Lipinski definition) is 1. The van der Waals surface area contributed by atoms with Gasteiger partial charge in [-0.05, 0) is 55.0 Å². The summed E-state index contributed by atoms with van der Waals surface area (Å²) < 4.78 is 1.97. The first-order valence-corrected chi connectivity index (χ1v) is 7.09. The third kappa shape index (κ3) is 2.76. The summed E-state index contributed by atoms with van der Waals surface area (Å²) in [6.07, 6.45) is 6.26. The standard InChI is InChI=1S/C13H14Br2O/c14-10-6-7-12(15)11(8-10)13(16)9-4-2-1-3-5-9/h4,6-8,13,16H,1-3,5H2. The van der Waals surface area contributed by atoms with Gasteiger partial charge >= 0.3 is 0 Å². The molecule has 1 aliphatic rings. The Morgan fingerprint density at radius 3 is 2.69 bits per heavy atom. The maximum absolute atomic E-state index is 10.3. The van der Waals surface area contributed by atoms with Gasteiger partial charge in [-0.15, -0.1) is 0 Å². The number of allylic oxidation sites excluding steroid dienone is 1. The molecule has 1 aliphatic carbocycles. The normalized spacial score (nSPS) is 18.1. The second kappa shape index (κ2) is 5.48. The van der Waals surface area contributed by atoms with E-state index in [1.54, 1.807) is 0 Å². The molecule has 0 spiro atoms. The molecule has 1 N–H and O–H groups in total. The van der Waals surface area contributed by atoms with Crippen LogP contribution in [0.25, 0.3) is 0 Å². The van der Waals surface area contributed by atoms with Gasteiger partial charge in [0.15, 0.2) is 0 Å². The lowest BCUT2D eigenvalue weighted by Gasteiger charge is -2.20. The van der Waals surface area contributed by atoms with Gasteiger partial charge in [-0.3, -0.25) is 0 Å². The summed E-state index contributed by atoms with van der Waals surface area (Å²) in [5.41, 5.74) is 2.10. The van der Waals surface area contributed by atoms with Crippen LogP contribution in [-0.4, -0.2) is 5.11 Å². The molecule has 1 unspecified atom stereocenters. The quantitative estimate of drug-likeness (QED) is 0.767. The van der Waals surface area contributed by atoms with Crippen LogP contribution in [0.15, 0.2) is 38.8 Å². The molecule has 0 fully saturated rings. The van der Waals surface area contributed by atoms with E-state index in [1.807, 2.05) is 18.2 Å². The molecule has 0 aliphatic heterocycles. The van der Waals surface area contributed by atoms with Crippen molar-refractivity contribution in [3.63, 3.8) is 0 Å².